The van der Waals surface area contributed by atoms with Gasteiger partial charge in [-0.3, -0.25) is 0 Å². The van der Waals surface area contributed by atoms with Crippen molar-refractivity contribution in [2.24, 2.45) is 4.99 Å². The summed E-state index contributed by atoms with van der Waals surface area (Å²) in [6.45, 7) is 1.97. The molecule has 26 valence electrons. The molecule has 0 fully saturated rings. The lowest BCUT2D eigenvalue weighted by Gasteiger charge is -2.02. The van der Waals surface area contributed by atoms with Crippen LogP contribution in [0.15, 0.2) is 16.8 Å². The highest BCUT2D eigenvalue weighted by Crippen LogP contribution is 1.95. The summed E-state index contributed by atoms with van der Waals surface area (Å²) < 4.78 is 0. The van der Waals surface area contributed by atoms with Gasteiger partial charge in [0.1, 0.15) is 0 Å². The second-order valence-electron chi connectivity index (χ2n) is 1.05. The van der Waals surface area contributed by atoms with Crippen LogP contribution in [0.25, 0.3) is 0 Å². The van der Waals surface area contributed by atoms with E-state index < -0.39 is 0 Å². The molecule has 0 aromatic rings. The normalized spacial score (nSPS) is 17.4. The molecule has 5 heavy (non-hydrogen) atoms. The van der Waals surface area contributed by atoms with Crippen LogP contribution in [0.2, 0.25) is 0 Å². The zero-order valence-corrected chi connectivity index (χ0v) is 3.02. The van der Waals surface area contributed by atoms with Crippen molar-refractivity contribution < 1.29 is 0 Å². The average molecular weight is 66.1 g/mol. The Morgan fingerprint density at radius 1 is 2.00 bits per heavy atom. The van der Waals surface area contributed by atoms with E-state index in [1.165, 1.54) is 0 Å². The Balaban J connectivity index is 2.60. The molecule has 1 heterocycles. The van der Waals surface area contributed by atoms with E-state index >= 15 is 0 Å². The fourth-order valence-corrected chi connectivity index (χ4v) is 0.194. The van der Waals surface area contributed by atoms with Gasteiger partial charge in [-0.2, -0.15) is 0 Å². The summed E-state index contributed by atoms with van der Waals surface area (Å²) in [5.74, 6) is 0. The summed E-state index contributed by atoms with van der Waals surface area (Å²) in [6.07, 6.45) is 4.47. The molecule has 0 saturated heterocycles. The lowest BCUT2D eigenvalue weighted by molar-refractivity contribution is 1.40. The molecule has 0 aromatic carbocycles. The third-order valence-corrected chi connectivity index (χ3v) is 0.499. The van der Waals surface area contributed by atoms with Gasteiger partial charge in [-0.05, 0) is 0 Å². The topological polar surface area (TPSA) is 12.4 Å². The van der Waals surface area contributed by atoms with Crippen LogP contribution in [0.3, 0.4) is 0 Å². The predicted molar refractivity (Wildman–Crippen MR) is 21.2 cm³/mol. The summed E-state index contributed by atoms with van der Waals surface area (Å²) >= 11 is 0. The first kappa shape index (κ1) is 2.64. The van der Waals surface area contributed by atoms with Crippen LogP contribution in [-0.4, -0.2) is 6.21 Å². The van der Waals surface area contributed by atoms with Gasteiger partial charge in [0.05, 0.1) is 0 Å². The molecule has 0 atom stereocenters. The van der Waals surface area contributed by atoms with Gasteiger partial charge in [-0.1, -0.05) is 19.3 Å². The molecule has 0 aliphatic carbocycles. The Kier molecular flexibility index (Phi) is 0.357. The third kappa shape index (κ3) is 0.232. The highest BCUT2D eigenvalue weighted by atomic mass is 14.7. The van der Waals surface area contributed by atoms with Crippen molar-refractivity contribution in [3.05, 3.63) is 11.8 Å². The predicted octanol–water partition coefficient (Wildman–Crippen LogP) is 0.852. The molecule has 0 bridgehead atoms. The zero-order chi connectivity index (χ0) is 3.70. The van der Waals surface area contributed by atoms with Crippen molar-refractivity contribution in [1.29, 1.82) is 0 Å². The van der Waals surface area contributed by atoms with E-state index in [9.17, 15) is 0 Å². The zero-order valence-electron chi connectivity index (χ0n) is 3.02. The third-order valence-electron chi connectivity index (χ3n) is 0.499. The first-order chi connectivity index (χ1) is 2.39. The Hall–Kier alpha value is -0.590. The summed E-state index contributed by atoms with van der Waals surface area (Å²) in [6, 6.07) is 0. The van der Waals surface area contributed by atoms with Crippen LogP contribution in [0, 0.1) is 0 Å². The SMILES string of the molecule is CC1=CN=[C-]1. The fourth-order valence-electron chi connectivity index (χ4n) is 0.194. The molecular formula is C4H4N-. The van der Waals surface area contributed by atoms with Gasteiger partial charge in [0, 0.05) is 0 Å². The van der Waals surface area contributed by atoms with Crippen LogP contribution < -0.4 is 0 Å². The molecule has 1 aliphatic rings. The number of rotatable bonds is 0. The molecule has 0 spiro atoms. The molecule has 0 saturated carbocycles. The summed E-state index contributed by atoms with van der Waals surface area (Å²) in [5, 5.41) is 0. The van der Waals surface area contributed by atoms with E-state index in [1.807, 2.05) is 6.92 Å². The van der Waals surface area contributed by atoms with Crippen molar-refractivity contribution in [2.75, 3.05) is 0 Å². The average Bonchev–Trinajstić information content (AvgIpc) is 1.30. The minimum Gasteiger partial charge on any atom is -0.394 e. The minimum atomic E-state index is 1.14. The van der Waals surface area contributed by atoms with E-state index in [0.717, 1.165) is 5.57 Å². The second-order valence-corrected chi connectivity index (χ2v) is 1.05. The largest absolute Gasteiger partial charge is 0.394 e. The maximum absolute atomic E-state index is 3.59. The lowest BCUT2D eigenvalue weighted by Crippen LogP contribution is -1.82. The summed E-state index contributed by atoms with van der Waals surface area (Å²) in [5.41, 5.74) is 1.14. The van der Waals surface area contributed by atoms with Gasteiger partial charge in [-0.15, -0.1) is 5.57 Å². The number of nitrogens with zero attached hydrogens (tertiary/aromatic N) is 1. The lowest BCUT2D eigenvalue weighted by atomic mass is 10.3. The van der Waals surface area contributed by atoms with E-state index in [2.05, 4.69) is 11.2 Å². The van der Waals surface area contributed by atoms with Crippen molar-refractivity contribution in [2.45, 2.75) is 6.92 Å². The van der Waals surface area contributed by atoms with Crippen LogP contribution in [0.4, 0.5) is 0 Å². The number of aliphatic imine (C=N–C) groups is 1. The number of allylic oxidation sites excluding steroid dienone is 1. The monoisotopic (exact) mass is 66.0 g/mol. The molecule has 1 aliphatic heterocycles. The molecule has 1 nitrogen and oxygen atoms in total. The summed E-state index contributed by atoms with van der Waals surface area (Å²) in [4.78, 5) is 3.59. The van der Waals surface area contributed by atoms with Crippen LogP contribution in [-0.2, 0) is 0 Å². The Morgan fingerprint density at radius 2 is 2.40 bits per heavy atom. The van der Waals surface area contributed by atoms with E-state index in [1.54, 1.807) is 6.20 Å². The van der Waals surface area contributed by atoms with Crippen molar-refractivity contribution >= 4 is 6.21 Å². The maximum atomic E-state index is 3.59. The minimum absolute atomic E-state index is 1.14. The Morgan fingerprint density at radius 3 is 2.40 bits per heavy atom. The quantitative estimate of drug-likeness (QED) is 0.372. The van der Waals surface area contributed by atoms with Crippen LogP contribution in [0.1, 0.15) is 6.92 Å². The van der Waals surface area contributed by atoms with Gasteiger partial charge in [-0.25, -0.2) is 0 Å². The van der Waals surface area contributed by atoms with Crippen molar-refractivity contribution in [1.82, 2.24) is 0 Å². The first-order valence-electron chi connectivity index (χ1n) is 1.52. The molecule has 1 heteroatoms. The van der Waals surface area contributed by atoms with Gasteiger partial charge in [0.25, 0.3) is 0 Å². The number of hydrogen-bond donors (Lipinski definition) is 0. The molecule has 0 radical (unpaired) electrons. The highest BCUT2D eigenvalue weighted by molar-refractivity contribution is 5.83. The standard InChI is InChI=1S/C4H4N/c1-4-2-5-3-4/h2H,1H3/q-1. The highest BCUT2D eigenvalue weighted by Gasteiger charge is 1.73. The first-order valence-corrected chi connectivity index (χ1v) is 1.52. The van der Waals surface area contributed by atoms with Gasteiger partial charge >= 0.3 is 0 Å². The van der Waals surface area contributed by atoms with E-state index in [0.29, 0.717) is 0 Å². The van der Waals surface area contributed by atoms with Gasteiger partial charge in [0.2, 0.25) is 0 Å². The molecule has 0 N–H and O–H groups in total. The Bertz CT molecular complexity index is 89.8. The van der Waals surface area contributed by atoms with Crippen LogP contribution >= 0.6 is 0 Å². The molecular weight excluding hydrogens is 62.1 g/mol. The Labute approximate surface area is 31.0 Å². The van der Waals surface area contributed by atoms with E-state index in [4.69, 9.17) is 0 Å². The van der Waals surface area contributed by atoms with Gasteiger partial charge in [0.15, 0.2) is 0 Å². The summed E-state index contributed by atoms with van der Waals surface area (Å²) in [7, 11) is 0. The molecule has 0 unspecified atom stereocenters. The fraction of sp³-hybridized carbons (Fsp3) is 0.250. The van der Waals surface area contributed by atoms with Gasteiger partial charge < -0.3 is 4.99 Å². The van der Waals surface area contributed by atoms with Crippen molar-refractivity contribution in [3.8, 4) is 0 Å². The smallest absolute Gasteiger partial charge is 0.0601 e. The molecule has 0 aromatic heterocycles. The molecule has 0 amide bonds. The second kappa shape index (κ2) is 0.677. The van der Waals surface area contributed by atoms with E-state index in [-0.39, 0.29) is 0 Å². The molecule has 1 rings (SSSR count). The maximum Gasteiger partial charge on any atom is -0.0601 e. The van der Waals surface area contributed by atoms with Crippen LogP contribution in [0.5, 0.6) is 0 Å². The number of hydrogen-bond acceptors (Lipinski definition) is 1. The van der Waals surface area contributed by atoms with Crippen molar-refractivity contribution in [3.63, 3.8) is 0 Å².